The van der Waals surface area contributed by atoms with Gasteiger partial charge in [0.2, 0.25) is 5.11 Å². The molecule has 1 aromatic heterocycles. The van der Waals surface area contributed by atoms with E-state index in [1.54, 1.807) is 6.33 Å². The second-order valence-corrected chi connectivity index (χ2v) is 7.57. The first-order valence-electron chi connectivity index (χ1n) is 9.99. The smallest absolute Gasteiger partial charge is 0.202 e. The van der Waals surface area contributed by atoms with Crippen molar-refractivity contribution in [2.45, 2.75) is 19.4 Å². The molecule has 5 nitrogen and oxygen atoms in total. The maximum atomic E-state index is 5.73. The Morgan fingerprint density at radius 2 is 1.83 bits per heavy atom. The molecule has 0 radical (unpaired) electrons. The van der Waals surface area contributed by atoms with E-state index in [4.69, 9.17) is 17.2 Å². The van der Waals surface area contributed by atoms with Crippen LogP contribution in [0.3, 0.4) is 0 Å². The number of imidazole rings is 1. The number of aromatic amines is 1. The standard InChI is InChI=1S/C24H21N5S/c1-2-16-8-6-7-11-19(16)27-23-22(17-9-4-3-5-10-17)29(24(30)28-23)18-12-13-20-21(14-18)26-15-25-20/h3-15,22H,2H2,1H3,(H,25,26)(H,27,28,30). The van der Waals surface area contributed by atoms with Crippen molar-refractivity contribution in [2.24, 2.45) is 4.99 Å². The minimum Gasteiger partial charge on any atom is -0.345 e. The number of thiocarbonyl (C=S) groups is 1. The van der Waals surface area contributed by atoms with E-state index in [0.29, 0.717) is 5.11 Å². The van der Waals surface area contributed by atoms with Gasteiger partial charge in [0.1, 0.15) is 11.9 Å². The summed E-state index contributed by atoms with van der Waals surface area (Å²) in [6.07, 6.45) is 2.65. The number of rotatable bonds is 4. The van der Waals surface area contributed by atoms with Gasteiger partial charge in [0.25, 0.3) is 0 Å². The molecule has 6 heteroatoms. The van der Waals surface area contributed by atoms with Gasteiger partial charge in [0.05, 0.1) is 17.4 Å². The topological polar surface area (TPSA) is 56.3 Å². The Kier molecular flexibility index (Phi) is 4.77. The molecule has 148 valence electrons. The summed E-state index contributed by atoms with van der Waals surface area (Å²) < 4.78 is 0. The molecule has 0 saturated carbocycles. The number of aromatic nitrogens is 2. The average molecular weight is 412 g/mol. The lowest BCUT2D eigenvalue weighted by Gasteiger charge is -2.28. The first-order chi connectivity index (χ1) is 14.7. The van der Waals surface area contributed by atoms with Gasteiger partial charge in [0, 0.05) is 11.4 Å². The molecule has 0 fully saturated rings. The number of aryl methyl sites for hydroxylation is 1. The van der Waals surface area contributed by atoms with E-state index in [0.717, 1.165) is 40.2 Å². The van der Waals surface area contributed by atoms with Crippen LogP contribution in [0.25, 0.3) is 11.0 Å². The van der Waals surface area contributed by atoms with Gasteiger partial charge in [-0.1, -0.05) is 55.5 Å². The van der Waals surface area contributed by atoms with E-state index in [-0.39, 0.29) is 6.04 Å². The number of H-pyrrole nitrogens is 1. The maximum absolute atomic E-state index is 5.73. The molecule has 30 heavy (non-hydrogen) atoms. The summed E-state index contributed by atoms with van der Waals surface area (Å²) in [5.41, 5.74) is 6.32. The molecule has 0 aliphatic carbocycles. The molecule has 0 bridgehead atoms. The van der Waals surface area contributed by atoms with E-state index in [9.17, 15) is 0 Å². The number of benzene rings is 3. The van der Waals surface area contributed by atoms with E-state index in [1.807, 2.05) is 36.4 Å². The van der Waals surface area contributed by atoms with Crippen LogP contribution in [0.15, 0.2) is 84.1 Å². The molecule has 2 N–H and O–H groups in total. The minimum absolute atomic E-state index is 0.135. The van der Waals surface area contributed by atoms with Crippen LogP contribution in [0.5, 0.6) is 0 Å². The molecule has 2 heterocycles. The molecule has 5 rings (SSSR count). The molecule has 1 aliphatic rings. The van der Waals surface area contributed by atoms with Gasteiger partial charge >= 0.3 is 0 Å². The monoisotopic (exact) mass is 411 g/mol. The highest BCUT2D eigenvalue weighted by Crippen LogP contribution is 2.35. The van der Waals surface area contributed by atoms with Crippen molar-refractivity contribution >= 4 is 45.6 Å². The number of fused-ring (bicyclic) bond motifs is 1. The molecule has 0 amide bonds. The molecule has 0 saturated heterocycles. The normalized spacial score (nSPS) is 16.2. The quantitative estimate of drug-likeness (QED) is 0.437. The summed E-state index contributed by atoms with van der Waals surface area (Å²) in [6, 6.07) is 24.7. The minimum atomic E-state index is -0.135. The fraction of sp³-hybridized carbons (Fsp3) is 0.125. The number of nitrogens with zero attached hydrogens (tertiary/aromatic N) is 3. The van der Waals surface area contributed by atoms with Crippen LogP contribution in [-0.4, -0.2) is 20.9 Å². The summed E-state index contributed by atoms with van der Waals surface area (Å²) in [7, 11) is 0. The lowest BCUT2D eigenvalue weighted by Crippen LogP contribution is -2.33. The third kappa shape index (κ3) is 3.25. The predicted octanol–water partition coefficient (Wildman–Crippen LogP) is 5.48. The van der Waals surface area contributed by atoms with Crippen molar-refractivity contribution in [1.29, 1.82) is 0 Å². The predicted molar refractivity (Wildman–Crippen MR) is 127 cm³/mol. The number of amidine groups is 1. The second-order valence-electron chi connectivity index (χ2n) is 7.20. The number of para-hydroxylation sites is 1. The lowest BCUT2D eigenvalue weighted by atomic mass is 10.0. The third-order valence-electron chi connectivity index (χ3n) is 5.40. The van der Waals surface area contributed by atoms with Gasteiger partial charge in [-0.3, -0.25) is 0 Å². The number of aliphatic imine (C=N–C) groups is 1. The van der Waals surface area contributed by atoms with Gasteiger partial charge in [-0.2, -0.15) is 0 Å². The van der Waals surface area contributed by atoms with Crippen LogP contribution in [-0.2, 0) is 6.42 Å². The van der Waals surface area contributed by atoms with Crippen molar-refractivity contribution in [1.82, 2.24) is 9.97 Å². The van der Waals surface area contributed by atoms with Crippen molar-refractivity contribution in [3.05, 3.63) is 90.3 Å². The molecular weight excluding hydrogens is 390 g/mol. The molecule has 1 aliphatic heterocycles. The first kappa shape index (κ1) is 18.5. The summed E-state index contributed by atoms with van der Waals surface area (Å²) in [4.78, 5) is 14.4. The number of hydrogen-bond acceptors (Lipinski definition) is 3. The van der Waals surface area contributed by atoms with E-state index in [1.165, 1.54) is 5.56 Å². The SMILES string of the molecule is CCc1ccccc1NC1=NC(=S)N(c2ccc3nc[nH]c3c2)C1c1ccccc1. The summed E-state index contributed by atoms with van der Waals surface area (Å²) in [6.45, 7) is 2.15. The van der Waals surface area contributed by atoms with Crippen molar-refractivity contribution < 1.29 is 0 Å². The van der Waals surface area contributed by atoms with Gasteiger partial charge in [-0.15, -0.1) is 0 Å². The van der Waals surface area contributed by atoms with Crippen LogP contribution in [0.2, 0.25) is 0 Å². The molecular formula is C24H21N5S. The van der Waals surface area contributed by atoms with Crippen LogP contribution >= 0.6 is 12.2 Å². The number of anilines is 2. The van der Waals surface area contributed by atoms with Gasteiger partial charge in [0.15, 0.2) is 0 Å². The van der Waals surface area contributed by atoms with Crippen molar-refractivity contribution in [3.8, 4) is 0 Å². The van der Waals surface area contributed by atoms with Crippen LogP contribution < -0.4 is 10.2 Å². The zero-order valence-corrected chi connectivity index (χ0v) is 17.4. The summed E-state index contributed by atoms with van der Waals surface area (Å²) in [5.74, 6) is 0.830. The Labute approximate surface area is 180 Å². The van der Waals surface area contributed by atoms with Gasteiger partial charge < -0.3 is 15.2 Å². The Hall–Kier alpha value is -3.51. The highest BCUT2D eigenvalue weighted by Gasteiger charge is 2.35. The number of nitrogens with one attached hydrogen (secondary N) is 2. The highest BCUT2D eigenvalue weighted by atomic mass is 32.1. The van der Waals surface area contributed by atoms with E-state index < -0.39 is 0 Å². The molecule has 1 unspecified atom stereocenters. The average Bonchev–Trinajstić information content (AvgIpc) is 3.38. The second kappa shape index (κ2) is 7.72. The van der Waals surface area contributed by atoms with Crippen LogP contribution in [0.1, 0.15) is 24.1 Å². The molecule has 3 aromatic carbocycles. The Balaban J connectivity index is 1.58. The zero-order chi connectivity index (χ0) is 20.5. The van der Waals surface area contributed by atoms with Crippen molar-refractivity contribution in [2.75, 3.05) is 10.2 Å². The lowest BCUT2D eigenvalue weighted by molar-refractivity contribution is 0.948. The summed E-state index contributed by atoms with van der Waals surface area (Å²) in [5, 5.41) is 4.11. The van der Waals surface area contributed by atoms with Crippen LogP contribution in [0, 0.1) is 0 Å². The molecule has 4 aromatic rings. The maximum Gasteiger partial charge on any atom is 0.202 e. The zero-order valence-electron chi connectivity index (χ0n) is 16.5. The third-order valence-corrected chi connectivity index (χ3v) is 5.69. The molecule has 0 spiro atoms. The fourth-order valence-electron chi connectivity index (χ4n) is 3.91. The molecule has 1 atom stereocenters. The number of hydrogen-bond donors (Lipinski definition) is 2. The fourth-order valence-corrected chi connectivity index (χ4v) is 4.22. The van der Waals surface area contributed by atoms with E-state index >= 15 is 0 Å². The van der Waals surface area contributed by atoms with E-state index in [2.05, 4.69) is 63.5 Å². The Bertz CT molecular complexity index is 1240. The Morgan fingerprint density at radius 1 is 1.03 bits per heavy atom. The largest absolute Gasteiger partial charge is 0.345 e. The van der Waals surface area contributed by atoms with Crippen LogP contribution in [0.4, 0.5) is 11.4 Å². The summed E-state index contributed by atoms with van der Waals surface area (Å²) >= 11 is 5.73. The van der Waals surface area contributed by atoms with Crippen molar-refractivity contribution in [3.63, 3.8) is 0 Å². The highest BCUT2D eigenvalue weighted by molar-refractivity contribution is 7.80. The first-order valence-corrected chi connectivity index (χ1v) is 10.4. The Morgan fingerprint density at radius 3 is 2.67 bits per heavy atom. The van der Waals surface area contributed by atoms with Gasteiger partial charge in [-0.25, -0.2) is 9.98 Å². The van der Waals surface area contributed by atoms with Gasteiger partial charge in [-0.05, 0) is 54.0 Å².